The number of ether oxygens (including phenoxy) is 1. The van der Waals surface area contributed by atoms with Crippen LogP contribution in [-0.4, -0.2) is 12.7 Å². The molecular formula is C28H54O. The van der Waals surface area contributed by atoms with Gasteiger partial charge in [0.1, 0.15) is 0 Å². The van der Waals surface area contributed by atoms with Gasteiger partial charge in [0.15, 0.2) is 0 Å². The Kier molecular flexibility index (Phi) is 11.1. The van der Waals surface area contributed by atoms with E-state index in [9.17, 15) is 0 Å². The minimum Gasteiger partial charge on any atom is -0.378 e. The Morgan fingerprint density at radius 2 is 1.69 bits per heavy atom. The molecule has 0 aromatic heterocycles. The van der Waals surface area contributed by atoms with Crippen molar-refractivity contribution in [3.63, 3.8) is 0 Å². The largest absolute Gasteiger partial charge is 0.378 e. The van der Waals surface area contributed by atoms with Crippen molar-refractivity contribution in [2.24, 2.45) is 35.5 Å². The zero-order chi connectivity index (χ0) is 21.3. The highest BCUT2D eigenvalue weighted by atomic mass is 16.5. The first-order chi connectivity index (χ1) is 14.0. The first kappa shape index (κ1) is 25.2. The minimum absolute atomic E-state index is 0.267. The molecule has 0 amide bonds. The lowest BCUT2D eigenvalue weighted by Gasteiger charge is -2.37. The molecular weight excluding hydrogens is 352 g/mol. The summed E-state index contributed by atoms with van der Waals surface area (Å²) in [6.07, 6.45) is 21.4. The molecule has 0 N–H and O–H groups in total. The Morgan fingerprint density at radius 3 is 2.21 bits per heavy atom. The second-order valence-corrected chi connectivity index (χ2v) is 10.9. The van der Waals surface area contributed by atoms with Crippen LogP contribution in [0.1, 0.15) is 131 Å². The van der Waals surface area contributed by atoms with Crippen molar-refractivity contribution in [2.45, 2.75) is 137 Å². The molecule has 5 unspecified atom stereocenters. The summed E-state index contributed by atoms with van der Waals surface area (Å²) in [4.78, 5) is 0. The smallest absolute Gasteiger partial charge is 0.0708 e. The number of hydrogen-bond acceptors (Lipinski definition) is 1. The Bertz CT molecular complexity index is 422. The Labute approximate surface area is 184 Å². The van der Waals surface area contributed by atoms with E-state index in [1.165, 1.54) is 96.3 Å². The van der Waals surface area contributed by atoms with Gasteiger partial charge in [-0.3, -0.25) is 0 Å². The maximum Gasteiger partial charge on any atom is 0.0708 e. The molecule has 2 saturated carbocycles. The van der Waals surface area contributed by atoms with E-state index in [-0.39, 0.29) is 5.60 Å². The van der Waals surface area contributed by atoms with E-state index >= 15 is 0 Å². The van der Waals surface area contributed by atoms with E-state index in [2.05, 4.69) is 34.6 Å². The molecule has 6 atom stereocenters. The SMILES string of the molecule is CCCCC(C(CC)CC)[C@H](CCCCCC1CC1(CC)OC)C1CCC(C)C1. The summed E-state index contributed by atoms with van der Waals surface area (Å²) in [5, 5.41) is 0. The highest BCUT2D eigenvalue weighted by Gasteiger charge is 2.52. The molecule has 0 heterocycles. The normalized spacial score (nSPS) is 31.3. The molecule has 2 fully saturated rings. The van der Waals surface area contributed by atoms with Crippen molar-refractivity contribution >= 4 is 0 Å². The fraction of sp³-hybridized carbons (Fsp3) is 1.00. The van der Waals surface area contributed by atoms with Crippen LogP contribution in [0.4, 0.5) is 0 Å². The summed E-state index contributed by atoms with van der Waals surface area (Å²) in [6, 6.07) is 0. The van der Waals surface area contributed by atoms with Gasteiger partial charge in [0, 0.05) is 7.11 Å². The van der Waals surface area contributed by atoms with Crippen LogP contribution in [0.15, 0.2) is 0 Å². The zero-order valence-corrected chi connectivity index (χ0v) is 21.0. The van der Waals surface area contributed by atoms with E-state index in [1.807, 2.05) is 7.11 Å². The fourth-order valence-corrected chi connectivity index (χ4v) is 7.07. The Morgan fingerprint density at radius 1 is 0.931 bits per heavy atom. The first-order valence-corrected chi connectivity index (χ1v) is 13.6. The quantitative estimate of drug-likeness (QED) is 0.232. The third-order valence-corrected chi connectivity index (χ3v) is 9.21. The van der Waals surface area contributed by atoms with Gasteiger partial charge in [-0.05, 0) is 80.5 Å². The van der Waals surface area contributed by atoms with Gasteiger partial charge in [0.25, 0.3) is 0 Å². The standard InChI is InChI=1S/C28H54O/c1-7-11-16-26(23(8-2)9-3)27(24-19-18-22(5)20-24)17-14-12-13-15-25-21-28(25,10-4)29-6/h22-27H,7-21H2,1-6H3/t22?,24?,25?,26?,27-,28?/m1/s1. The molecule has 0 aromatic carbocycles. The maximum absolute atomic E-state index is 5.80. The predicted octanol–water partition coefficient (Wildman–Crippen LogP) is 9.05. The summed E-state index contributed by atoms with van der Waals surface area (Å²) in [5.74, 6) is 5.81. The van der Waals surface area contributed by atoms with Gasteiger partial charge < -0.3 is 4.74 Å². The zero-order valence-electron chi connectivity index (χ0n) is 21.0. The van der Waals surface area contributed by atoms with E-state index in [0.29, 0.717) is 0 Å². The average molecular weight is 407 g/mol. The summed E-state index contributed by atoms with van der Waals surface area (Å²) in [7, 11) is 1.92. The van der Waals surface area contributed by atoms with Gasteiger partial charge in [-0.25, -0.2) is 0 Å². The lowest BCUT2D eigenvalue weighted by atomic mass is 9.68. The molecule has 1 nitrogen and oxygen atoms in total. The summed E-state index contributed by atoms with van der Waals surface area (Å²) >= 11 is 0. The number of methoxy groups -OCH3 is 1. The number of rotatable bonds is 16. The summed E-state index contributed by atoms with van der Waals surface area (Å²) in [6.45, 7) is 12.1. The van der Waals surface area contributed by atoms with Crippen LogP contribution < -0.4 is 0 Å². The third kappa shape index (κ3) is 6.98. The molecule has 0 bridgehead atoms. The average Bonchev–Trinajstić information content (AvgIpc) is 3.29. The monoisotopic (exact) mass is 406 g/mol. The van der Waals surface area contributed by atoms with Crippen LogP contribution in [0.25, 0.3) is 0 Å². The van der Waals surface area contributed by atoms with Crippen LogP contribution in [0, 0.1) is 35.5 Å². The van der Waals surface area contributed by atoms with Crippen LogP contribution in [0.3, 0.4) is 0 Å². The fourth-order valence-electron chi connectivity index (χ4n) is 7.07. The van der Waals surface area contributed by atoms with E-state index in [4.69, 9.17) is 4.74 Å². The number of hydrogen-bond donors (Lipinski definition) is 0. The lowest BCUT2D eigenvalue weighted by molar-refractivity contribution is 0.0604. The van der Waals surface area contributed by atoms with Gasteiger partial charge in [-0.1, -0.05) is 86.0 Å². The molecule has 0 spiro atoms. The Hall–Kier alpha value is -0.0400. The summed E-state index contributed by atoms with van der Waals surface area (Å²) < 4.78 is 5.80. The number of unbranched alkanes of at least 4 members (excludes halogenated alkanes) is 3. The van der Waals surface area contributed by atoms with Gasteiger partial charge in [-0.15, -0.1) is 0 Å². The molecule has 0 saturated heterocycles. The van der Waals surface area contributed by atoms with E-state index in [0.717, 1.165) is 35.5 Å². The molecule has 0 aliphatic heterocycles. The van der Waals surface area contributed by atoms with Crippen molar-refractivity contribution in [3.05, 3.63) is 0 Å². The minimum atomic E-state index is 0.267. The van der Waals surface area contributed by atoms with Crippen molar-refractivity contribution in [2.75, 3.05) is 7.11 Å². The predicted molar refractivity (Wildman–Crippen MR) is 128 cm³/mol. The highest BCUT2D eigenvalue weighted by molar-refractivity contribution is 5.03. The molecule has 172 valence electrons. The topological polar surface area (TPSA) is 9.23 Å². The van der Waals surface area contributed by atoms with Crippen molar-refractivity contribution in [1.82, 2.24) is 0 Å². The molecule has 0 radical (unpaired) electrons. The first-order valence-electron chi connectivity index (χ1n) is 13.6. The summed E-state index contributed by atoms with van der Waals surface area (Å²) in [5.41, 5.74) is 0.267. The highest BCUT2D eigenvalue weighted by Crippen LogP contribution is 2.52. The third-order valence-electron chi connectivity index (χ3n) is 9.21. The van der Waals surface area contributed by atoms with E-state index < -0.39 is 0 Å². The lowest BCUT2D eigenvalue weighted by Crippen LogP contribution is -2.28. The van der Waals surface area contributed by atoms with Crippen LogP contribution >= 0.6 is 0 Å². The maximum atomic E-state index is 5.80. The van der Waals surface area contributed by atoms with Crippen LogP contribution in [0.5, 0.6) is 0 Å². The van der Waals surface area contributed by atoms with Gasteiger partial charge >= 0.3 is 0 Å². The van der Waals surface area contributed by atoms with Gasteiger partial charge in [0.05, 0.1) is 5.60 Å². The van der Waals surface area contributed by atoms with Crippen molar-refractivity contribution in [1.29, 1.82) is 0 Å². The molecule has 2 rings (SSSR count). The molecule has 0 aromatic rings. The van der Waals surface area contributed by atoms with Crippen molar-refractivity contribution in [3.8, 4) is 0 Å². The van der Waals surface area contributed by atoms with Crippen LogP contribution in [-0.2, 0) is 4.74 Å². The second-order valence-electron chi connectivity index (χ2n) is 10.9. The molecule has 29 heavy (non-hydrogen) atoms. The van der Waals surface area contributed by atoms with Gasteiger partial charge in [0.2, 0.25) is 0 Å². The van der Waals surface area contributed by atoms with Gasteiger partial charge in [-0.2, -0.15) is 0 Å². The molecule has 2 aliphatic rings. The second kappa shape index (κ2) is 12.7. The molecule has 2 aliphatic carbocycles. The van der Waals surface area contributed by atoms with Crippen LogP contribution in [0.2, 0.25) is 0 Å². The van der Waals surface area contributed by atoms with Crippen molar-refractivity contribution < 1.29 is 4.74 Å². The Balaban J connectivity index is 1.87. The van der Waals surface area contributed by atoms with E-state index in [1.54, 1.807) is 0 Å². The molecule has 1 heteroatoms.